The molecule has 8 heteroatoms. The summed E-state index contributed by atoms with van der Waals surface area (Å²) in [5.74, 6) is 0.0919. The van der Waals surface area contributed by atoms with Gasteiger partial charge in [-0.15, -0.1) is 0 Å². The van der Waals surface area contributed by atoms with Gasteiger partial charge in [-0.3, -0.25) is 9.71 Å². The van der Waals surface area contributed by atoms with E-state index in [4.69, 9.17) is 4.74 Å². The predicted molar refractivity (Wildman–Crippen MR) is 136 cm³/mol. The molecule has 0 radical (unpaired) electrons. The van der Waals surface area contributed by atoms with Crippen LogP contribution in [-0.2, 0) is 16.6 Å². The molecule has 5 rings (SSSR count). The van der Waals surface area contributed by atoms with Crippen LogP contribution in [0.4, 0.5) is 5.82 Å². The Morgan fingerprint density at radius 3 is 2.46 bits per heavy atom. The number of aromatic nitrogens is 3. The van der Waals surface area contributed by atoms with Crippen LogP contribution in [0.15, 0.2) is 102 Å². The minimum atomic E-state index is -3.89. The molecule has 0 amide bonds. The van der Waals surface area contributed by atoms with Crippen molar-refractivity contribution in [3.05, 3.63) is 109 Å². The number of fused-ring (bicyclic) bond motifs is 1. The van der Waals surface area contributed by atoms with Gasteiger partial charge >= 0.3 is 0 Å². The Balaban J connectivity index is 1.51. The molecule has 0 saturated heterocycles. The average Bonchev–Trinajstić information content (AvgIpc) is 2.88. The normalized spacial score (nSPS) is 11.3. The SMILES string of the molecule is Cc1ccc(S(=O)(=O)Nc2ncc(-c3ccc4ccccc4c3)nc2OCc2cccnc2)cc1. The number of ether oxygens (including phenoxy) is 1. The number of rotatable bonds is 7. The lowest BCUT2D eigenvalue weighted by molar-refractivity contribution is 0.294. The summed E-state index contributed by atoms with van der Waals surface area (Å²) < 4.78 is 34.5. The van der Waals surface area contributed by atoms with E-state index >= 15 is 0 Å². The van der Waals surface area contributed by atoms with Crippen molar-refractivity contribution in [2.75, 3.05) is 4.72 Å². The van der Waals surface area contributed by atoms with Crippen molar-refractivity contribution in [2.24, 2.45) is 0 Å². The van der Waals surface area contributed by atoms with Crippen molar-refractivity contribution in [2.45, 2.75) is 18.4 Å². The second-order valence-electron chi connectivity index (χ2n) is 8.04. The van der Waals surface area contributed by atoms with Gasteiger partial charge in [0.05, 0.1) is 16.8 Å². The Kier molecular flexibility index (Phi) is 6.12. The molecule has 2 heterocycles. The summed E-state index contributed by atoms with van der Waals surface area (Å²) >= 11 is 0. The lowest BCUT2D eigenvalue weighted by atomic mass is 10.1. The van der Waals surface area contributed by atoms with E-state index in [1.54, 1.807) is 42.7 Å². The fourth-order valence-electron chi connectivity index (χ4n) is 3.57. The zero-order valence-electron chi connectivity index (χ0n) is 18.9. The van der Waals surface area contributed by atoms with Crippen LogP contribution in [0.3, 0.4) is 0 Å². The summed E-state index contributed by atoms with van der Waals surface area (Å²) in [5, 5.41) is 2.17. The fraction of sp³-hybridized carbons (Fsp3) is 0.0741. The zero-order chi connectivity index (χ0) is 24.3. The van der Waals surface area contributed by atoms with E-state index in [0.29, 0.717) is 5.69 Å². The summed E-state index contributed by atoms with van der Waals surface area (Å²) in [4.78, 5) is 13.2. The van der Waals surface area contributed by atoms with Crippen molar-refractivity contribution < 1.29 is 13.2 Å². The lowest BCUT2D eigenvalue weighted by Gasteiger charge is -2.14. The maximum atomic E-state index is 13.0. The van der Waals surface area contributed by atoms with Crippen LogP contribution in [0.1, 0.15) is 11.1 Å². The molecule has 0 aliphatic carbocycles. The monoisotopic (exact) mass is 482 g/mol. The topological polar surface area (TPSA) is 94.1 Å². The number of aryl methyl sites for hydroxylation is 1. The molecule has 0 aliphatic rings. The van der Waals surface area contributed by atoms with E-state index in [9.17, 15) is 8.42 Å². The minimum absolute atomic E-state index is 0.0130. The number of anilines is 1. The van der Waals surface area contributed by atoms with Crippen molar-refractivity contribution in [3.63, 3.8) is 0 Å². The standard InChI is InChI=1S/C27H22N4O3S/c1-19-8-12-24(13-9-19)35(32,33)31-26-27(34-18-20-5-4-14-28-16-20)30-25(17-29-26)23-11-10-21-6-2-3-7-22(21)15-23/h2-17H,18H2,1H3,(H,29,31). The number of nitrogens with zero attached hydrogens (tertiary/aromatic N) is 3. The Labute approximate surface area is 203 Å². The molecule has 0 fully saturated rings. The van der Waals surface area contributed by atoms with Crippen LogP contribution in [0, 0.1) is 6.92 Å². The third-order valence-electron chi connectivity index (χ3n) is 5.45. The maximum absolute atomic E-state index is 13.0. The van der Waals surface area contributed by atoms with Crippen molar-refractivity contribution in [1.82, 2.24) is 15.0 Å². The Morgan fingerprint density at radius 2 is 1.69 bits per heavy atom. The van der Waals surface area contributed by atoms with Gasteiger partial charge in [-0.1, -0.05) is 60.2 Å². The Hall–Kier alpha value is -4.30. The quantitative estimate of drug-likeness (QED) is 0.335. The number of benzene rings is 3. The van der Waals surface area contributed by atoms with Gasteiger partial charge in [0, 0.05) is 23.5 Å². The number of hydrogen-bond acceptors (Lipinski definition) is 6. The Bertz CT molecular complexity index is 1590. The van der Waals surface area contributed by atoms with E-state index in [-0.39, 0.29) is 23.2 Å². The fourth-order valence-corrected chi connectivity index (χ4v) is 4.58. The molecule has 0 aliphatic heterocycles. The van der Waals surface area contributed by atoms with Gasteiger partial charge in [0.1, 0.15) is 6.61 Å². The molecule has 0 unspecified atom stereocenters. The summed E-state index contributed by atoms with van der Waals surface area (Å²) in [5.41, 5.74) is 3.19. The first-order valence-electron chi connectivity index (χ1n) is 11.0. The summed E-state index contributed by atoms with van der Waals surface area (Å²) in [7, 11) is -3.89. The van der Waals surface area contributed by atoms with E-state index in [1.807, 2.05) is 55.5 Å². The molecule has 7 nitrogen and oxygen atoms in total. The van der Waals surface area contributed by atoms with Crippen LogP contribution in [-0.4, -0.2) is 23.4 Å². The second-order valence-corrected chi connectivity index (χ2v) is 9.72. The third kappa shape index (κ3) is 5.12. The molecule has 1 N–H and O–H groups in total. The molecule has 0 atom stereocenters. The number of pyridine rings is 1. The van der Waals surface area contributed by atoms with Crippen molar-refractivity contribution >= 4 is 26.6 Å². The molecule has 0 bridgehead atoms. The average molecular weight is 483 g/mol. The number of hydrogen-bond donors (Lipinski definition) is 1. The molecule has 0 spiro atoms. The molecule has 2 aromatic heterocycles. The molecular weight excluding hydrogens is 460 g/mol. The van der Waals surface area contributed by atoms with Gasteiger partial charge in [0.15, 0.2) is 0 Å². The smallest absolute Gasteiger partial charge is 0.263 e. The van der Waals surface area contributed by atoms with Gasteiger partial charge < -0.3 is 4.74 Å². The molecular formula is C27H22N4O3S. The predicted octanol–water partition coefficient (Wildman–Crippen LogP) is 5.38. The first kappa shape index (κ1) is 22.5. The lowest BCUT2D eigenvalue weighted by Crippen LogP contribution is -2.15. The van der Waals surface area contributed by atoms with Gasteiger partial charge in [-0.25, -0.2) is 18.4 Å². The summed E-state index contributed by atoms with van der Waals surface area (Å²) in [6.07, 6.45) is 4.88. The highest BCUT2D eigenvalue weighted by Gasteiger charge is 2.20. The molecule has 35 heavy (non-hydrogen) atoms. The van der Waals surface area contributed by atoms with Crippen LogP contribution >= 0.6 is 0 Å². The van der Waals surface area contributed by atoms with Crippen molar-refractivity contribution in [3.8, 4) is 17.1 Å². The molecule has 174 valence electrons. The highest BCUT2D eigenvalue weighted by molar-refractivity contribution is 7.92. The molecule has 5 aromatic rings. The van der Waals surface area contributed by atoms with Crippen LogP contribution < -0.4 is 9.46 Å². The van der Waals surface area contributed by atoms with Crippen LogP contribution in [0.25, 0.3) is 22.0 Å². The highest BCUT2D eigenvalue weighted by atomic mass is 32.2. The third-order valence-corrected chi connectivity index (χ3v) is 6.80. The second kappa shape index (κ2) is 9.52. The largest absolute Gasteiger partial charge is 0.470 e. The van der Waals surface area contributed by atoms with Gasteiger partial charge in [0.2, 0.25) is 5.82 Å². The molecule has 0 saturated carbocycles. The first-order chi connectivity index (χ1) is 17.0. The summed E-state index contributed by atoms with van der Waals surface area (Å²) in [6, 6.07) is 24.2. The molecule has 3 aromatic carbocycles. The van der Waals surface area contributed by atoms with E-state index in [1.165, 1.54) is 6.20 Å². The van der Waals surface area contributed by atoms with Crippen LogP contribution in [0.2, 0.25) is 0 Å². The van der Waals surface area contributed by atoms with Crippen molar-refractivity contribution in [1.29, 1.82) is 0 Å². The van der Waals surface area contributed by atoms with E-state index in [0.717, 1.165) is 27.5 Å². The first-order valence-corrected chi connectivity index (χ1v) is 12.4. The van der Waals surface area contributed by atoms with E-state index in [2.05, 4.69) is 19.7 Å². The number of sulfonamides is 1. The van der Waals surface area contributed by atoms with Gasteiger partial charge in [-0.2, -0.15) is 0 Å². The Morgan fingerprint density at radius 1 is 0.886 bits per heavy atom. The van der Waals surface area contributed by atoms with Crippen LogP contribution in [0.5, 0.6) is 5.88 Å². The summed E-state index contributed by atoms with van der Waals surface area (Å²) in [6.45, 7) is 2.05. The number of nitrogens with one attached hydrogen (secondary N) is 1. The van der Waals surface area contributed by atoms with Gasteiger partial charge in [-0.05, 0) is 42.0 Å². The van der Waals surface area contributed by atoms with E-state index < -0.39 is 10.0 Å². The maximum Gasteiger partial charge on any atom is 0.263 e. The minimum Gasteiger partial charge on any atom is -0.470 e. The zero-order valence-corrected chi connectivity index (χ0v) is 19.7. The van der Waals surface area contributed by atoms with Gasteiger partial charge in [0.25, 0.3) is 15.9 Å². The highest BCUT2D eigenvalue weighted by Crippen LogP contribution is 2.29.